The van der Waals surface area contributed by atoms with Crippen molar-refractivity contribution < 1.29 is 14.3 Å². The van der Waals surface area contributed by atoms with Gasteiger partial charge in [-0.3, -0.25) is 4.79 Å². The first-order valence-corrected chi connectivity index (χ1v) is 7.75. The maximum Gasteiger partial charge on any atom is 0.409 e. The van der Waals surface area contributed by atoms with Gasteiger partial charge in [-0.05, 0) is 31.5 Å². The molecule has 1 fully saturated rings. The van der Waals surface area contributed by atoms with Gasteiger partial charge in [-0.1, -0.05) is 0 Å². The summed E-state index contributed by atoms with van der Waals surface area (Å²) < 4.78 is 6.82. The summed E-state index contributed by atoms with van der Waals surface area (Å²) in [4.78, 5) is 32.0. The number of hydrogen-bond donors (Lipinski definition) is 0. The molecule has 7 heteroatoms. The molecule has 3 rings (SSSR count). The second-order valence-corrected chi connectivity index (χ2v) is 5.57. The number of pyridine rings is 1. The largest absolute Gasteiger partial charge is 0.450 e. The zero-order valence-corrected chi connectivity index (χ0v) is 13.4. The number of rotatable bonds is 2. The van der Waals surface area contributed by atoms with Crippen LogP contribution in [0.3, 0.4) is 0 Å². The van der Waals surface area contributed by atoms with Crippen LogP contribution in [0.4, 0.5) is 4.79 Å². The first-order valence-electron chi connectivity index (χ1n) is 7.75. The highest BCUT2D eigenvalue weighted by Gasteiger charge is 2.26. The van der Waals surface area contributed by atoms with Gasteiger partial charge in [0.1, 0.15) is 11.3 Å². The van der Waals surface area contributed by atoms with Crippen molar-refractivity contribution >= 4 is 17.6 Å². The summed E-state index contributed by atoms with van der Waals surface area (Å²) in [6, 6.07) is 3.91. The highest BCUT2D eigenvalue weighted by molar-refractivity contribution is 5.93. The second-order valence-electron chi connectivity index (χ2n) is 5.57. The first kappa shape index (κ1) is 15.3. The number of piperazine rings is 1. The molecule has 0 bridgehead atoms. The average molecular weight is 316 g/mol. The van der Waals surface area contributed by atoms with Crippen molar-refractivity contribution in [3.8, 4) is 0 Å². The molecule has 0 saturated carbocycles. The van der Waals surface area contributed by atoms with E-state index in [-0.39, 0.29) is 12.0 Å². The summed E-state index contributed by atoms with van der Waals surface area (Å²) in [7, 11) is 0. The molecule has 3 heterocycles. The van der Waals surface area contributed by atoms with Gasteiger partial charge >= 0.3 is 6.09 Å². The Balaban J connectivity index is 1.67. The normalized spacial score (nSPS) is 15.0. The molecule has 2 aromatic rings. The highest BCUT2D eigenvalue weighted by Crippen LogP contribution is 2.12. The quantitative estimate of drug-likeness (QED) is 0.843. The van der Waals surface area contributed by atoms with E-state index in [2.05, 4.69) is 4.98 Å². The second kappa shape index (κ2) is 6.28. The van der Waals surface area contributed by atoms with Crippen LogP contribution >= 0.6 is 0 Å². The summed E-state index contributed by atoms with van der Waals surface area (Å²) in [5.74, 6) is -0.102. The van der Waals surface area contributed by atoms with Crippen LogP contribution in [0, 0.1) is 6.92 Å². The van der Waals surface area contributed by atoms with Crippen LogP contribution in [-0.4, -0.2) is 64.0 Å². The predicted octanol–water partition coefficient (Wildman–Crippen LogP) is 1.56. The summed E-state index contributed by atoms with van der Waals surface area (Å²) in [5.41, 5.74) is 2.30. The van der Waals surface area contributed by atoms with E-state index in [1.165, 1.54) is 0 Å². The smallest absolute Gasteiger partial charge is 0.409 e. The minimum atomic E-state index is -0.317. The van der Waals surface area contributed by atoms with E-state index in [4.69, 9.17) is 4.74 Å². The molecule has 0 N–H and O–H groups in total. The molecule has 0 atom stereocenters. The topological polar surface area (TPSA) is 67.2 Å². The molecule has 0 unspecified atom stereocenters. The van der Waals surface area contributed by atoms with Crippen molar-refractivity contribution in [3.05, 3.63) is 35.8 Å². The van der Waals surface area contributed by atoms with Gasteiger partial charge in [0, 0.05) is 38.6 Å². The number of nitrogens with zero attached hydrogens (tertiary/aromatic N) is 4. The van der Waals surface area contributed by atoms with E-state index in [1.54, 1.807) is 22.9 Å². The van der Waals surface area contributed by atoms with Gasteiger partial charge in [0.2, 0.25) is 0 Å². The summed E-state index contributed by atoms with van der Waals surface area (Å²) in [6.45, 7) is 6.08. The van der Waals surface area contributed by atoms with Crippen LogP contribution in [0.5, 0.6) is 0 Å². The minimum Gasteiger partial charge on any atom is -0.450 e. The Morgan fingerprint density at radius 1 is 1.22 bits per heavy atom. The first-order chi connectivity index (χ1) is 11.1. The number of amides is 2. The van der Waals surface area contributed by atoms with E-state index in [1.807, 2.05) is 29.7 Å². The maximum atomic E-state index is 12.6. The van der Waals surface area contributed by atoms with Gasteiger partial charge in [-0.15, -0.1) is 0 Å². The van der Waals surface area contributed by atoms with E-state index < -0.39 is 0 Å². The van der Waals surface area contributed by atoms with Crippen molar-refractivity contribution in [1.29, 1.82) is 0 Å². The van der Waals surface area contributed by atoms with Crippen LogP contribution < -0.4 is 0 Å². The van der Waals surface area contributed by atoms with Crippen LogP contribution in [-0.2, 0) is 4.74 Å². The van der Waals surface area contributed by atoms with Crippen LogP contribution in [0.2, 0.25) is 0 Å². The molecule has 7 nitrogen and oxygen atoms in total. The van der Waals surface area contributed by atoms with Gasteiger partial charge in [0.25, 0.3) is 5.91 Å². The molecule has 0 aliphatic carbocycles. The lowest BCUT2D eigenvalue weighted by atomic mass is 10.3. The zero-order chi connectivity index (χ0) is 16.4. The van der Waals surface area contributed by atoms with E-state index in [0.29, 0.717) is 38.5 Å². The number of carbonyl (C=O) groups is 2. The molecular weight excluding hydrogens is 296 g/mol. The third-order valence-electron chi connectivity index (χ3n) is 3.93. The molecule has 2 amide bonds. The van der Waals surface area contributed by atoms with Gasteiger partial charge in [0.05, 0.1) is 6.61 Å². The van der Waals surface area contributed by atoms with Crippen LogP contribution in [0.15, 0.2) is 24.5 Å². The molecule has 122 valence electrons. The van der Waals surface area contributed by atoms with Gasteiger partial charge < -0.3 is 18.9 Å². The monoisotopic (exact) mass is 316 g/mol. The number of imidazole rings is 1. The van der Waals surface area contributed by atoms with Crippen molar-refractivity contribution in [1.82, 2.24) is 19.2 Å². The predicted molar refractivity (Wildman–Crippen MR) is 84.4 cm³/mol. The number of carbonyl (C=O) groups excluding carboxylic acids is 2. The molecule has 0 spiro atoms. The Labute approximate surface area is 134 Å². The number of ether oxygens (including phenoxy) is 1. The minimum absolute atomic E-state index is 0.102. The van der Waals surface area contributed by atoms with Crippen molar-refractivity contribution in [2.24, 2.45) is 0 Å². The van der Waals surface area contributed by atoms with Crippen molar-refractivity contribution in [2.45, 2.75) is 13.8 Å². The lowest BCUT2D eigenvalue weighted by Gasteiger charge is -2.33. The average Bonchev–Trinajstić information content (AvgIpc) is 2.97. The highest BCUT2D eigenvalue weighted by atomic mass is 16.6. The molecule has 0 aromatic carbocycles. The molecular formula is C16H20N4O3. The Kier molecular flexibility index (Phi) is 4.18. The maximum absolute atomic E-state index is 12.6. The van der Waals surface area contributed by atoms with Crippen molar-refractivity contribution in [3.63, 3.8) is 0 Å². The zero-order valence-electron chi connectivity index (χ0n) is 13.4. The number of fused-ring (bicyclic) bond motifs is 1. The van der Waals surface area contributed by atoms with E-state index in [0.717, 1.165) is 11.2 Å². The Morgan fingerprint density at radius 3 is 2.61 bits per heavy atom. The number of aromatic nitrogens is 2. The fourth-order valence-corrected chi connectivity index (χ4v) is 2.66. The third-order valence-corrected chi connectivity index (χ3v) is 3.93. The molecule has 0 radical (unpaired) electrons. The number of aryl methyl sites for hydroxylation is 1. The third kappa shape index (κ3) is 3.13. The van der Waals surface area contributed by atoms with Crippen LogP contribution in [0.25, 0.3) is 5.65 Å². The standard InChI is InChI=1S/C16H20N4O3/c1-3-23-16(22)19-8-6-18(7-9-19)15(21)13-11-20-5-4-12(2)10-14(20)17-13/h4-5,10-11H,3,6-9H2,1-2H3. The summed E-state index contributed by atoms with van der Waals surface area (Å²) >= 11 is 0. The molecule has 2 aromatic heterocycles. The Hall–Kier alpha value is -2.57. The van der Waals surface area contributed by atoms with Gasteiger partial charge in [0.15, 0.2) is 0 Å². The van der Waals surface area contributed by atoms with Gasteiger partial charge in [-0.25, -0.2) is 9.78 Å². The fraction of sp³-hybridized carbons (Fsp3) is 0.438. The Morgan fingerprint density at radius 2 is 1.91 bits per heavy atom. The van der Waals surface area contributed by atoms with Crippen molar-refractivity contribution in [2.75, 3.05) is 32.8 Å². The van der Waals surface area contributed by atoms with Gasteiger partial charge in [-0.2, -0.15) is 0 Å². The number of hydrogen-bond acceptors (Lipinski definition) is 4. The molecule has 23 heavy (non-hydrogen) atoms. The van der Waals surface area contributed by atoms with E-state index in [9.17, 15) is 9.59 Å². The lowest BCUT2D eigenvalue weighted by Crippen LogP contribution is -2.50. The molecule has 1 saturated heterocycles. The summed E-state index contributed by atoms with van der Waals surface area (Å²) in [5, 5.41) is 0. The van der Waals surface area contributed by atoms with Crippen LogP contribution in [0.1, 0.15) is 23.0 Å². The summed E-state index contributed by atoms with van der Waals surface area (Å²) in [6.07, 6.45) is 3.32. The lowest BCUT2D eigenvalue weighted by molar-refractivity contribution is 0.0566. The molecule has 1 aliphatic heterocycles. The molecule has 1 aliphatic rings. The van der Waals surface area contributed by atoms with E-state index >= 15 is 0 Å². The fourth-order valence-electron chi connectivity index (χ4n) is 2.66. The Bertz CT molecular complexity index is 732. The SMILES string of the molecule is CCOC(=O)N1CCN(C(=O)c2cn3ccc(C)cc3n2)CC1.